The summed E-state index contributed by atoms with van der Waals surface area (Å²) >= 11 is 0. The molecule has 4 rings (SSSR count). The van der Waals surface area contributed by atoms with Crippen molar-refractivity contribution in [2.45, 2.75) is 63.1 Å². The Morgan fingerprint density at radius 1 is 0.975 bits per heavy atom. The molecule has 0 aliphatic heterocycles. The molecule has 3 aromatic carbocycles. The van der Waals surface area contributed by atoms with Crippen molar-refractivity contribution in [1.29, 1.82) is 0 Å². The second kappa shape index (κ2) is 13.0. The zero-order chi connectivity index (χ0) is 28.7. The number of nitrogens with zero attached hydrogens (tertiary/aromatic N) is 2. The maximum atomic E-state index is 14.0. The number of sulfonamides is 1. The number of amides is 2. The van der Waals surface area contributed by atoms with E-state index in [0.717, 1.165) is 41.1 Å². The van der Waals surface area contributed by atoms with Crippen molar-refractivity contribution in [1.82, 2.24) is 10.2 Å². The third-order valence-corrected chi connectivity index (χ3v) is 9.04. The van der Waals surface area contributed by atoms with Crippen LogP contribution in [-0.4, -0.2) is 50.9 Å². The van der Waals surface area contributed by atoms with Crippen LogP contribution in [-0.2, 0) is 26.2 Å². The third kappa shape index (κ3) is 7.01. The maximum Gasteiger partial charge on any atom is 0.264 e. The molecule has 9 heteroatoms. The molecule has 1 atom stereocenters. The number of anilines is 1. The fourth-order valence-electron chi connectivity index (χ4n) is 4.97. The lowest BCUT2D eigenvalue weighted by atomic mass is 10.1. The van der Waals surface area contributed by atoms with Crippen LogP contribution in [0.4, 0.5) is 5.69 Å². The molecule has 1 N–H and O–H groups in total. The molecule has 0 saturated heterocycles. The first-order chi connectivity index (χ1) is 19.2. The van der Waals surface area contributed by atoms with E-state index in [1.807, 2.05) is 25.1 Å². The predicted octanol–water partition coefficient (Wildman–Crippen LogP) is 4.68. The molecule has 8 nitrogen and oxygen atoms in total. The first kappa shape index (κ1) is 29.1. The van der Waals surface area contributed by atoms with Crippen LogP contribution in [0.3, 0.4) is 0 Å². The molecule has 212 valence electrons. The van der Waals surface area contributed by atoms with Gasteiger partial charge in [-0.3, -0.25) is 13.9 Å². The van der Waals surface area contributed by atoms with Crippen LogP contribution in [0.5, 0.6) is 5.75 Å². The Labute approximate surface area is 237 Å². The van der Waals surface area contributed by atoms with E-state index in [0.29, 0.717) is 11.4 Å². The monoisotopic (exact) mass is 563 g/mol. The number of hydrogen-bond acceptors (Lipinski definition) is 5. The highest BCUT2D eigenvalue weighted by atomic mass is 32.2. The van der Waals surface area contributed by atoms with Gasteiger partial charge in [0.15, 0.2) is 0 Å². The molecule has 3 aromatic rings. The third-order valence-electron chi connectivity index (χ3n) is 7.26. The van der Waals surface area contributed by atoms with Crippen LogP contribution in [0.1, 0.15) is 43.7 Å². The Balaban J connectivity index is 1.68. The lowest BCUT2D eigenvalue weighted by Gasteiger charge is -2.32. The van der Waals surface area contributed by atoms with E-state index in [1.165, 1.54) is 17.0 Å². The molecule has 1 fully saturated rings. The molecule has 0 radical (unpaired) electrons. The highest BCUT2D eigenvalue weighted by Crippen LogP contribution is 2.26. The maximum absolute atomic E-state index is 14.0. The summed E-state index contributed by atoms with van der Waals surface area (Å²) in [6.07, 6.45) is 3.96. The average molecular weight is 564 g/mol. The van der Waals surface area contributed by atoms with Crippen molar-refractivity contribution in [2.75, 3.05) is 18.0 Å². The number of benzene rings is 3. The van der Waals surface area contributed by atoms with Gasteiger partial charge in [0.1, 0.15) is 18.3 Å². The smallest absolute Gasteiger partial charge is 0.264 e. The van der Waals surface area contributed by atoms with Gasteiger partial charge in [0, 0.05) is 12.6 Å². The number of ether oxygens (including phenoxy) is 1. The van der Waals surface area contributed by atoms with Gasteiger partial charge in [-0.15, -0.1) is 0 Å². The molecule has 0 aromatic heterocycles. The molecule has 1 saturated carbocycles. The molecule has 0 heterocycles. The van der Waals surface area contributed by atoms with E-state index in [9.17, 15) is 18.0 Å². The molecule has 0 bridgehead atoms. The molecule has 0 spiro atoms. The van der Waals surface area contributed by atoms with Gasteiger partial charge in [-0.2, -0.15) is 0 Å². The highest BCUT2D eigenvalue weighted by molar-refractivity contribution is 7.92. The van der Waals surface area contributed by atoms with Crippen molar-refractivity contribution in [3.8, 4) is 5.75 Å². The van der Waals surface area contributed by atoms with Gasteiger partial charge in [0.2, 0.25) is 11.8 Å². The van der Waals surface area contributed by atoms with Crippen LogP contribution in [0.15, 0.2) is 83.8 Å². The number of carbonyl (C=O) groups excluding carboxylic acids is 2. The summed E-state index contributed by atoms with van der Waals surface area (Å²) < 4.78 is 34.1. The summed E-state index contributed by atoms with van der Waals surface area (Å²) in [5, 5.41) is 3.08. The van der Waals surface area contributed by atoms with Gasteiger partial charge in [-0.05, 0) is 74.2 Å². The van der Waals surface area contributed by atoms with Gasteiger partial charge in [-0.1, -0.05) is 55.3 Å². The van der Waals surface area contributed by atoms with E-state index in [4.69, 9.17) is 4.74 Å². The SMILES string of the molecule is COc1cccc(CN(C(=O)CN(c2cccc(C)c2)S(=O)(=O)c2ccccc2)C(C)C(=O)NC2CCCC2)c1. The van der Waals surface area contributed by atoms with Gasteiger partial charge in [-0.25, -0.2) is 8.42 Å². The zero-order valence-electron chi connectivity index (χ0n) is 23.2. The number of hydrogen-bond donors (Lipinski definition) is 1. The van der Waals surface area contributed by atoms with Crippen LogP contribution in [0, 0.1) is 6.92 Å². The highest BCUT2D eigenvalue weighted by Gasteiger charge is 2.33. The van der Waals surface area contributed by atoms with Crippen molar-refractivity contribution < 1.29 is 22.7 Å². The minimum atomic E-state index is -4.08. The Morgan fingerprint density at radius 3 is 2.35 bits per heavy atom. The topological polar surface area (TPSA) is 96.0 Å². The Hall–Kier alpha value is -3.85. The Kier molecular flexibility index (Phi) is 9.47. The van der Waals surface area contributed by atoms with Crippen LogP contribution >= 0.6 is 0 Å². The van der Waals surface area contributed by atoms with Crippen LogP contribution in [0.2, 0.25) is 0 Å². The zero-order valence-corrected chi connectivity index (χ0v) is 24.1. The van der Waals surface area contributed by atoms with Crippen molar-refractivity contribution in [3.05, 3.63) is 90.0 Å². The van der Waals surface area contributed by atoms with Crippen molar-refractivity contribution >= 4 is 27.5 Å². The fourth-order valence-corrected chi connectivity index (χ4v) is 6.40. The van der Waals surface area contributed by atoms with E-state index in [2.05, 4.69) is 5.32 Å². The molecule has 2 amide bonds. The quantitative estimate of drug-likeness (QED) is 0.366. The van der Waals surface area contributed by atoms with Crippen molar-refractivity contribution in [2.24, 2.45) is 0 Å². The standard InChI is InChI=1S/C31H37N3O5S/c1-23-11-9-15-27(19-23)34(40(37,38)29-17-5-4-6-18-29)22-30(35)33(21-25-12-10-16-28(20-25)39-3)24(2)31(36)32-26-13-7-8-14-26/h4-6,9-12,15-20,24,26H,7-8,13-14,21-22H2,1-3H3,(H,32,36). The lowest BCUT2D eigenvalue weighted by Crippen LogP contribution is -2.52. The van der Waals surface area contributed by atoms with E-state index in [-0.39, 0.29) is 23.4 Å². The number of methoxy groups -OCH3 is 1. The Morgan fingerprint density at radius 2 is 1.68 bits per heavy atom. The number of nitrogens with one attached hydrogen (secondary N) is 1. The second-order valence-electron chi connectivity index (χ2n) is 10.2. The first-order valence-corrected chi connectivity index (χ1v) is 15.0. The molecular formula is C31H37N3O5S. The summed E-state index contributed by atoms with van der Waals surface area (Å²) in [7, 11) is -2.52. The minimum Gasteiger partial charge on any atom is -0.497 e. The number of carbonyl (C=O) groups is 2. The number of aryl methyl sites for hydroxylation is 1. The summed E-state index contributed by atoms with van der Waals surface area (Å²) in [4.78, 5) is 28.9. The minimum absolute atomic E-state index is 0.0793. The summed E-state index contributed by atoms with van der Waals surface area (Å²) in [6, 6.07) is 21.6. The van der Waals surface area contributed by atoms with Gasteiger partial charge in [0.05, 0.1) is 17.7 Å². The van der Waals surface area contributed by atoms with E-state index < -0.39 is 28.5 Å². The lowest BCUT2D eigenvalue weighted by molar-refractivity contribution is -0.139. The number of rotatable bonds is 11. The van der Waals surface area contributed by atoms with E-state index in [1.54, 1.807) is 62.6 Å². The summed E-state index contributed by atoms with van der Waals surface area (Å²) in [5.74, 6) is -0.116. The Bertz CT molecular complexity index is 1420. The van der Waals surface area contributed by atoms with E-state index >= 15 is 0 Å². The van der Waals surface area contributed by atoms with Crippen LogP contribution < -0.4 is 14.4 Å². The molecule has 1 aliphatic carbocycles. The fraction of sp³-hybridized carbons (Fsp3) is 0.355. The molecule has 40 heavy (non-hydrogen) atoms. The summed E-state index contributed by atoms with van der Waals surface area (Å²) in [5.41, 5.74) is 2.00. The molecule has 1 aliphatic rings. The molecule has 1 unspecified atom stereocenters. The first-order valence-electron chi connectivity index (χ1n) is 13.6. The largest absolute Gasteiger partial charge is 0.497 e. The van der Waals surface area contributed by atoms with Gasteiger partial charge >= 0.3 is 0 Å². The van der Waals surface area contributed by atoms with Crippen LogP contribution in [0.25, 0.3) is 0 Å². The van der Waals surface area contributed by atoms with Gasteiger partial charge in [0.25, 0.3) is 10.0 Å². The van der Waals surface area contributed by atoms with Crippen molar-refractivity contribution in [3.63, 3.8) is 0 Å². The summed E-state index contributed by atoms with van der Waals surface area (Å²) in [6.45, 7) is 3.20. The second-order valence-corrected chi connectivity index (χ2v) is 12.1. The van der Waals surface area contributed by atoms with Gasteiger partial charge < -0.3 is 15.0 Å². The average Bonchev–Trinajstić information content (AvgIpc) is 3.47. The normalized spacial score (nSPS) is 14.4. The molecular weight excluding hydrogens is 526 g/mol. The predicted molar refractivity (Wildman–Crippen MR) is 156 cm³/mol.